The Morgan fingerprint density at radius 3 is 2.50 bits per heavy atom. The lowest BCUT2D eigenvalue weighted by Crippen LogP contribution is -2.48. The number of piperidine rings is 1. The van der Waals surface area contributed by atoms with Gasteiger partial charge in [-0.2, -0.15) is 0 Å². The van der Waals surface area contributed by atoms with Crippen LogP contribution in [0.25, 0.3) is 0 Å². The van der Waals surface area contributed by atoms with Gasteiger partial charge in [-0.3, -0.25) is 9.59 Å². The van der Waals surface area contributed by atoms with Crippen LogP contribution < -0.4 is 10.5 Å². The minimum absolute atomic E-state index is 0.0366. The van der Waals surface area contributed by atoms with E-state index in [1.54, 1.807) is 0 Å². The van der Waals surface area contributed by atoms with Crippen molar-refractivity contribution in [3.63, 3.8) is 0 Å². The summed E-state index contributed by atoms with van der Waals surface area (Å²) in [6.45, 7) is 0.451. The van der Waals surface area contributed by atoms with Crippen LogP contribution in [0.15, 0.2) is 29.2 Å². The number of likely N-dealkylation sites (tertiary alicyclic amines) is 1. The average Bonchev–Trinajstić information content (AvgIpc) is 2.54. The summed E-state index contributed by atoms with van der Waals surface area (Å²) in [5.41, 5.74) is 0.302. The summed E-state index contributed by atoms with van der Waals surface area (Å²) in [5.74, 6) is -1.44. The molecule has 0 aliphatic carbocycles. The van der Waals surface area contributed by atoms with E-state index in [1.165, 1.54) is 29.2 Å². The van der Waals surface area contributed by atoms with Gasteiger partial charge in [0.2, 0.25) is 10.0 Å². The molecule has 4 N–H and O–H groups in total. The number of carbonyl (C=O) groups excluding carboxylic acids is 2. The molecule has 8 nitrogen and oxygen atoms in total. The van der Waals surface area contributed by atoms with Crippen LogP contribution in [0.3, 0.4) is 0 Å². The molecular formula is C15H21N3O5S. The van der Waals surface area contributed by atoms with Gasteiger partial charge in [0.25, 0.3) is 0 Å². The van der Waals surface area contributed by atoms with Crippen LogP contribution in [0.2, 0.25) is 0 Å². The molecule has 1 saturated heterocycles. The van der Waals surface area contributed by atoms with E-state index < -0.39 is 21.8 Å². The van der Waals surface area contributed by atoms with Crippen LogP contribution in [0.4, 0.5) is 5.69 Å². The van der Waals surface area contributed by atoms with Crippen LogP contribution in [0, 0.1) is 0 Å². The van der Waals surface area contributed by atoms with E-state index in [9.17, 15) is 18.0 Å². The van der Waals surface area contributed by atoms with Gasteiger partial charge in [0.1, 0.15) is 0 Å². The lowest BCUT2D eigenvalue weighted by atomic mass is 9.99. The number of anilines is 1. The first kappa shape index (κ1) is 18.4. The number of hydrogen-bond acceptors (Lipinski definition) is 5. The lowest BCUT2D eigenvalue weighted by Gasteiger charge is -2.35. The number of aliphatic hydroxyl groups excluding tert-OH is 1. The summed E-state index contributed by atoms with van der Waals surface area (Å²) < 4.78 is 22.4. The minimum Gasteiger partial charge on any atom is -0.396 e. The fourth-order valence-corrected chi connectivity index (χ4v) is 3.28. The molecular weight excluding hydrogens is 334 g/mol. The van der Waals surface area contributed by atoms with Crippen LogP contribution in [0.1, 0.15) is 25.7 Å². The van der Waals surface area contributed by atoms with Gasteiger partial charge in [-0.1, -0.05) is 0 Å². The van der Waals surface area contributed by atoms with Crippen molar-refractivity contribution in [3.8, 4) is 0 Å². The van der Waals surface area contributed by atoms with Gasteiger partial charge in [-0.25, -0.2) is 13.6 Å². The van der Waals surface area contributed by atoms with Crippen molar-refractivity contribution in [1.82, 2.24) is 4.90 Å². The van der Waals surface area contributed by atoms with Crippen LogP contribution in [0.5, 0.6) is 0 Å². The molecule has 132 valence electrons. The predicted octanol–water partition coefficient (Wildman–Crippen LogP) is 0.0360. The smallest absolute Gasteiger partial charge is 0.313 e. The zero-order valence-electron chi connectivity index (χ0n) is 13.1. The average molecular weight is 355 g/mol. The summed E-state index contributed by atoms with van der Waals surface area (Å²) in [6.07, 6.45) is 3.00. The first-order valence-electron chi connectivity index (χ1n) is 7.68. The predicted molar refractivity (Wildman–Crippen MR) is 87.5 cm³/mol. The van der Waals surface area contributed by atoms with Crippen LogP contribution >= 0.6 is 0 Å². The molecule has 1 fully saturated rings. The van der Waals surface area contributed by atoms with E-state index in [1.807, 2.05) is 0 Å². The molecule has 1 aromatic rings. The van der Waals surface area contributed by atoms with E-state index in [-0.39, 0.29) is 17.5 Å². The Labute approximate surface area is 140 Å². The van der Waals surface area contributed by atoms with Crippen molar-refractivity contribution < 1.29 is 23.1 Å². The number of amides is 2. The Bertz CT molecular complexity index is 700. The third-order valence-electron chi connectivity index (χ3n) is 3.99. The molecule has 2 rings (SSSR count). The Hall–Kier alpha value is -1.97. The SMILES string of the molecule is NS(=O)(=O)c1ccc(NC(=O)C(=O)N2CCCCC2CCO)cc1. The van der Waals surface area contributed by atoms with E-state index >= 15 is 0 Å². The molecule has 0 saturated carbocycles. The molecule has 0 bridgehead atoms. The second-order valence-corrected chi connectivity index (χ2v) is 7.25. The summed E-state index contributed by atoms with van der Waals surface area (Å²) in [4.78, 5) is 25.9. The van der Waals surface area contributed by atoms with Crippen LogP contribution in [-0.2, 0) is 19.6 Å². The van der Waals surface area contributed by atoms with Crippen molar-refractivity contribution >= 4 is 27.5 Å². The topological polar surface area (TPSA) is 130 Å². The first-order chi connectivity index (χ1) is 11.3. The van der Waals surface area contributed by atoms with Crippen molar-refractivity contribution in [2.24, 2.45) is 5.14 Å². The number of nitrogens with one attached hydrogen (secondary N) is 1. The number of sulfonamides is 1. The van der Waals surface area contributed by atoms with Gasteiger partial charge in [0.15, 0.2) is 0 Å². The molecule has 1 aliphatic heterocycles. The fourth-order valence-electron chi connectivity index (χ4n) is 2.76. The second kappa shape index (κ2) is 7.73. The van der Waals surface area contributed by atoms with E-state index in [0.29, 0.717) is 18.7 Å². The molecule has 0 spiro atoms. The second-order valence-electron chi connectivity index (χ2n) is 5.68. The Kier molecular flexibility index (Phi) is 5.92. The fraction of sp³-hybridized carbons (Fsp3) is 0.467. The molecule has 1 unspecified atom stereocenters. The molecule has 1 atom stereocenters. The largest absolute Gasteiger partial charge is 0.396 e. The molecule has 9 heteroatoms. The standard InChI is InChI=1S/C15H21N3O5S/c16-24(22,23)13-6-4-11(5-7-13)17-14(20)15(21)18-9-2-1-3-12(18)8-10-19/h4-7,12,19H,1-3,8-10H2,(H,17,20)(H2,16,22,23). The van der Waals surface area contributed by atoms with Crippen LogP contribution in [-0.4, -0.2) is 49.4 Å². The highest BCUT2D eigenvalue weighted by molar-refractivity contribution is 7.89. The third kappa shape index (κ3) is 4.53. The van der Waals surface area contributed by atoms with Crippen molar-refractivity contribution in [1.29, 1.82) is 0 Å². The van der Waals surface area contributed by atoms with E-state index in [0.717, 1.165) is 19.3 Å². The maximum atomic E-state index is 12.3. The summed E-state index contributed by atoms with van der Waals surface area (Å²) in [7, 11) is -3.81. The normalized spacial score (nSPS) is 18.2. The third-order valence-corrected chi connectivity index (χ3v) is 4.91. The van der Waals surface area contributed by atoms with E-state index in [4.69, 9.17) is 10.2 Å². The number of nitrogens with two attached hydrogens (primary N) is 1. The van der Waals surface area contributed by atoms with Crippen molar-refractivity contribution in [2.75, 3.05) is 18.5 Å². The molecule has 1 aliphatic rings. The number of benzene rings is 1. The maximum Gasteiger partial charge on any atom is 0.313 e. The zero-order chi connectivity index (χ0) is 17.7. The van der Waals surface area contributed by atoms with Gasteiger partial charge in [-0.05, 0) is 49.9 Å². The zero-order valence-corrected chi connectivity index (χ0v) is 14.0. The molecule has 24 heavy (non-hydrogen) atoms. The van der Waals surface area contributed by atoms with Gasteiger partial charge < -0.3 is 15.3 Å². The first-order valence-corrected chi connectivity index (χ1v) is 9.23. The van der Waals surface area contributed by atoms with Crippen molar-refractivity contribution in [3.05, 3.63) is 24.3 Å². The summed E-state index contributed by atoms with van der Waals surface area (Å²) in [5, 5.41) is 16.5. The molecule has 2 amide bonds. The van der Waals surface area contributed by atoms with E-state index in [2.05, 4.69) is 5.32 Å². The quantitative estimate of drug-likeness (QED) is 0.656. The summed E-state index contributed by atoms with van der Waals surface area (Å²) in [6, 6.07) is 5.11. The minimum atomic E-state index is -3.81. The number of hydrogen-bond donors (Lipinski definition) is 3. The monoisotopic (exact) mass is 355 g/mol. The maximum absolute atomic E-state index is 12.3. The number of primary sulfonamides is 1. The van der Waals surface area contributed by atoms with Crippen molar-refractivity contribution in [2.45, 2.75) is 36.6 Å². The number of aliphatic hydroxyl groups is 1. The Balaban J connectivity index is 2.04. The highest BCUT2D eigenvalue weighted by Gasteiger charge is 2.30. The number of nitrogens with zero attached hydrogens (tertiary/aromatic N) is 1. The molecule has 0 radical (unpaired) electrons. The van der Waals surface area contributed by atoms with Gasteiger partial charge in [0.05, 0.1) is 4.90 Å². The van der Waals surface area contributed by atoms with Gasteiger partial charge >= 0.3 is 11.8 Å². The molecule has 0 aromatic heterocycles. The lowest BCUT2D eigenvalue weighted by molar-refractivity contribution is -0.146. The highest BCUT2D eigenvalue weighted by atomic mass is 32.2. The number of carbonyl (C=O) groups is 2. The molecule has 1 aromatic carbocycles. The Morgan fingerprint density at radius 2 is 1.92 bits per heavy atom. The summed E-state index contributed by atoms with van der Waals surface area (Å²) >= 11 is 0. The Morgan fingerprint density at radius 1 is 1.25 bits per heavy atom. The van der Waals surface area contributed by atoms with Gasteiger partial charge in [0, 0.05) is 24.9 Å². The number of rotatable bonds is 4. The van der Waals surface area contributed by atoms with Gasteiger partial charge in [-0.15, -0.1) is 0 Å². The molecule has 1 heterocycles. The highest BCUT2D eigenvalue weighted by Crippen LogP contribution is 2.20.